The molecule has 21 heavy (non-hydrogen) atoms. The second kappa shape index (κ2) is 9.97. The van der Waals surface area contributed by atoms with Gasteiger partial charge in [-0.25, -0.2) is 5.43 Å². The lowest BCUT2D eigenvalue weighted by atomic mass is 10.1. The van der Waals surface area contributed by atoms with E-state index in [1.54, 1.807) is 0 Å². The SMILES string of the molecule is CCCCCCCCC(=O)N/N=C(/C)c1cccc(N)c1. The molecular weight excluding hydrogens is 262 g/mol. The Morgan fingerprint density at radius 2 is 1.90 bits per heavy atom. The molecule has 0 saturated carbocycles. The minimum atomic E-state index is -0.0197. The number of nitrogens with zero attached hydrogens (tertiary/aromatic N) is 1. The first kappa shape index (κ1) is 17.2. The minimum Gasteiger partial charge on any atom is -0.399 e. The summed E-state index contributed by atoms with van der Waals surface area (Å²) in [5.41, 5.74) is 10.7. The van der Waals surface area contributed by atoms with Crippen LogP contribution in [0.25, 0.3) is 0 Å². The third kappa shape index (κ3) is 7.49. The van der Waals surface area contributed by atoms with E-state index in [9.17, 15) is 4.79 Å². The largest absolute Gasteiger partial charge is 0.399 e. The predicted octanol–water partition coefficient (Wildman–Crippen LogP) is 3.86. The van der Waals surface area contributed by atoms with Crippen LogP contribution in [0.4, 0.5) is 5.69 Å². The Hall–Kier alpha value is -1.84. The standard InChI is InChI=1S/C17H27N3O/c1-3-4-5-6-7-8-12-17(21)20-19-14(2)15-10-9-11-16(18)13-15/h9-11,13H,3-8,12,18H2,1-2H3,(H,20,21)/b19-14-. The molecule has 0 heterocycles. The van der Waals surface area contributed by atoms with Gasteiger partial charge in [0.15, 0.2) is 0 Å². The highest BCUT2D eigenvalue weighted by Crippen LogP contribution is 2.08. The molecular formula is C17H27N3O. The van der Waals surface area contributed by atoms with Gasteiger partial charge in [-0.1, -0.05) is 51.2 Å². The molecule has 0 aliphatic carbocycles. The van der Waals surface area contributed by atoms with E-state index in [1.165, 1.54) is 25.7 Å². The lowest BCUT2D eigenvalue weighted by Crippen LogP contribution is -2.18. The molecule has 0 aromatic heterocycles. The van der Waals surface area contributed by atoms with Crippen molar-refractivity contribution in [1.82, 2.24) is 5.43 Å². The Balaban J connectivity index is 2.27. The van der Waals surface area contributed by atoms with Gasteiger partial charge in [0, 0.05) is 12.1 Å². The third-order valence-electron chi connectivity index (χ3n) is 3.41. The van der Waals surface area contributed by atoms with Crippen molar-refractivity contribution in [3.8, 4) is 0 Å². The van der Waals surface area contributed by atoms with Crippen LogP contribution >= 0.6 is 0 Å². The molecule has 0 atom stereocenters. The Morgan fingerprint density at radius 1 is 1.19 bits per heavy atom. The first-order valence-electron chi connectivity index (χ1n) is 7.82. The summed E-state index contributed by atoms with van der Waals surface area (Å²) in [6.45, 7) is 4.06. The van der Waals surface area contributed by atoms with Crippen molar-refractivity contribution in [1.29, 1.82) is 0 Å². The molecule has 0 bridgehead atoms. The molecule has 1 rings (SSSR count). The molecule has 1 aromatic carbocycles. The van der Waals surface area contributed by atoms with Crippen molar-refractivity contribution in [2.24, 2.45) is 5.10 Å². The van der Waals surface area contributed by atoms with E-state index < -0.39 is 0 Å². The fourth-order valence-electron chi connectivity index (χ4n) is 2.10. The number of anilines is 1. The zero-order valence-corrected chi connectivity index (χ0v) is 13.2. The highest BCUT2D eigenvalue weighted by molar-refractivity contribution is 5.99. The zero-order valence-electron chi connectivity index (χ0n) is 13.2. The van der Waals surface area contributed by atoms with Crippen LogP contribution in [0.2, 0.25) is 0 Å². The molecule has 1 aromatic rings. The van der Waals surface area contributed by atoms with Crippen molar-refractivity contribution in [2.45, 2.75) is 58.8 Å². The van der Waals surface area contributed by atoms with E-state index in [4.69, 9.17) is 5.73 Å². The van der Waals surface area contributed by atoms with Crippen molar-refractivity contribution >= 4 is 17.3 Å². The van der Waals surface area contributed by atoms with E-state index in [0.29, 0.717) is 12.1 Å². The second-order valence-corrected chi connectivity index (χ2v) is 5.38. The number of amides is 1. The first-order valence-corrected chi connectivity index (χ1v) is 7.82. The lowest BCUT2D eigenvalue weighted by molar-refractivity contribution is -0.121. The van der Waals surface area contributed by atoms with E-state index in [0.717, 1.165) is 24.1 Å². The summed E-state index contributed by atoms with van der Waals surface area (Å²) in [5, 5.41) is 4.13. The van der Waals surface area contributed by atoms with Gasteiger partial charge in [0.05, 0.1) is 5.71 Å². The zero-order chi connectivity index (χ0) is 15.5. The van der Waals surface area contributed by atoms with E-state index in [1.807, 2.05) is 31.2 Å². The van der Waals surface area contributed by atoms with Gasteiger partial charge in [-0.05, 0) is 31.0 Å². The van der Waals surface area contributed by atoms with Crippen LogP contribution in [0.15, 0.2) is 29.4 Å². The average Bonchev–Trinajstić information content (AvgIpc) is 2.48. The van der Waals surface area contributed by atoms with Crippen molar-refractivity contribution in [2.75, 3.05) is 5.73 Å². The maximum absolute atomic E-state index is 11.7. The number of hydrogen-bond donors (Lipinski definition) is 2. The normalized spacial score (nSPS) is 11.4. The average molecular weight is 289 g/mol. The molecule has 0 spiro atoms. The van der Waals surface area contributed by atoms with Gasteiger partial charge in [0.2, 0.25) is 5.91 Å². The topological polar surface area (TPSA) is 67.5 Å². The van der Waals surface area contributed by atoms with Crippen LogP contribution in [0.3, 0.4) is 0 Å². The Bertz CT molecular complexity index is 469. The van der Waals surface area contributed by atoms with Gasteiger partial charge in [0.25, 0.3) is 0 Å². The molecule has 4 nitrogen and oxygen atoms in total. The third-order valence-corrected chi connectivity index (χ3v) is 3.41. The van der Waals surface area contributed by atoms with Gasteiger partial charge >= 0.3 is 0 Å². The quantitative estimate of drug-likeness (QED) is 0.314. The van der Waals surface area contributed by atoms with Gasteiger partial charge in [0.1, 0.15) is 0 Å². The highest BCUT2D eigenvalue weighted by Gasteiger charge is 2.02. The second-order valence-electron chi connectivity index (χ2n) is 5.38. The van der Waals surface area contributed by atoms with Crippen molar-refractivity contribution in [3.05, 3.63) is 29.8 Å². The molecule has 4 heteroatoms. The molecule has 0 radical (unpaired) electrons. The molecule has 0 fully saturated rings. The van der Waals surface area contributed by atoms with E-state index in [-0.39, 0.29) is 5.91 Å². The van der Waals surface area contributed by atoms with Crippen LogP contribution < -0.4 is 11.2 Å². The van der Waals surface area contributed by atoms with Crippen LogP contribution in [-0.4, -0.2) is 11.6 Å². The van der Waals surface area contributed by atoms with Crippen LogP contribution in [0.1, 0.15) is 64.4 Å². The fraction of sp³-hybridized carbons (Fsp3) is 0.529. The van der Waals surface area contributed by atoms with Gasteiger partial charge in [-0.2, -0.15) is 5.10 Å². The number of rotatable bonds is 9. The minimum absolute atomic E-state index is 0.0197. The summed E-state index contributed by atoms with van der Waals surface area (Å²) in [5.74, 6) is -0.0197. The number of unbranched alkanes of at least 4 members (excludes halogenated alkanes) is 5. The summed E-state index contributed by atoms with van der Waals surface area (Å²) in [6.07, 6.45) is 7.61. The first-order chi connectivity index (χ1) is 10.1. The fourth-order valence-corrected chi connectivity index (χ4v) is 2.10. The predicted molar refractivity (Wildman–Crippen MR) is 89.2 cm³/mol. The highest BCUT2D eigenvalue weighted by atomic mass is 16.2. The summed E-state index contributed by atoms with van der Waals surface area (Å²) in [4.78, 5) is 11.7. The number of hydrazone groups is 1. The number of hydrogen-bond acceptors (Lipinski definition) is 3. The maximum Gasteiger partial charge on any atom is 0.240 e. The number of carbonyl (C=O) groups is 1. The van der Waals surface area contributed by atoms with Crippen molar-refractivity contribution in [3.63, 3.8) is 0 Å². The van der Waals surface area contributed by atoms with Crippen LogP contribution in [0.5, 0.6) is 0 Å². The molecule has 0 aliphatic rings. The molecule has 0 unspecified atom stereocenters. The number of carbonyl (C=O) groups excluding carboxylic acids is 1. The number of nitrogen functional groups attached to an aromatic ring is 1. The van der Waals surface area contributed by atoms with Crippen LogP contribution in [0, 0.1) is 0 Å². The van der Waals surface area contributed by atoms with E-state index in [2.05, 4.69) is 17.5 Å². The van der Waals surface area contributed by atoms with Gasteiger partial charge in [-0.15, -0.1) is 0 Å². The maximum atomic E-state index is 11.7. The number of nitrogens with one attached hydrogen (secondary N) is 1. The number of nitrogens with two attached hydrogens (primary N) is 1. The Kier molecular flexibility index (Phi) is 8.17. The smallest absolute Gasteiger partial charge is 0.240 e. The molecule has 0 saturated heterocycles. The summed E-state index contributed by atoms with van der Waals surface area (Å²) < 4.78 is 0. The number of benzene rings is 1. The molecule has 3 N–H and O–H groups in total. The monoisotopic (exact) mass is 289 g/mol. The molecule has 0 aliphatic heterocycles. The molecule has 1 amide bonds. The Morgan fingerprint density at radius 3 is 2.62 bits per heavy atom. The summed E-state index contributed by atoms with van der Waals surface area (Å²) in [7, 11) is 0. The van der Waals surface area contributed by atoms with Gasteiger partial charge in [-0.3, -0.25) is 4.79 Å². The molecule has 116 valence electrons. The van der Waals surface area contributed by atoms with E-state index >= 15 is 0 Å². The lowest BCUT2D eigenvalue weighted by Gasteiger charge is -2.04. The summed E-state index contributed by atoms with van der Waals surface area (Å²) >= 11 is 0. The summed E-state index contributed by atoms with van der Waals surface area (Å²) in [6, 6.07) is 7.48. The van der Waals surface area contributed by atoms with Crippen LogP contribution in [-0.2, 0) is 4.79 Å². The van der Waals surface area contributed by atoms with Gasteiger partial charge < -0.3 is 5.73 Å². The Labute approximate surface area is 127 Å². The van der Waals surface area contributed by atoms with Crippen molar-refractivity contribution < 1.29 is 4.79 Å².